The van der Waals surface area contributed by atoms with Crippen molar-refractivity contribution in [2.75, 3.05) is 51.3 Å². The molecule has 6 heterocycles. The van der Waals surface area contributed by atoms with Crippen molar-refractivity contribution in [2.45, 2.75) is 123 Å². The van der Waals surface area contributed by atoms with Gasteiger partial charge in [-0.05, 0) is 102 Å². The van der Waals surface area contributed by atoms with Crippen molar-refractivity contribution in [3.8, 4) is 22.5 Å². The van der Waals surface area contributed by atoms with Crippen LogP contribution in [0.25, 0.3) is 33.4 Å². The maximum atomic E-state index is 13.9. The van der Waals surface area contributed by atoms with Crippen LogP contribution in [0.2, 0.25) is 0 Å². The summed E-state index contributed by atoms with van der Waals surface area (Å²) in [6.45, 7) is 18.8. The standard InChI is InChI=1S/C46H64N8O7S/c1-9-53-38-15-14-29(37-26-62-39(48-37)22-36(49-44(59)61-45(3,4)5)42(56)54-17-11-13-35(50-54)43(57)58)20-32(38)34(23-46(6,7)27-55)41(53)33-21-31(24-47-40(33)28(2)60-8)52-19-18-51-16-10-12-30(51)25-52/h14-15,20-21,24,26,28,30,35-36,50,55H,9-13,16-19,22-23,25,27H2,1-8H3,(H,49,59)(H,57,58)/t28?,30-,35+,36?/m1/s1. The molecular weight excluding hydrogens is 809 g/mol. The van der Waals surface area contributed by atoms with Gasteiger partial charge in [-0.3, -0.25) is 24.5 Å². The average molecular weight is 873 g/mol. The molecule has 4 atom stereocenters. The number of fused-ring (bicyclic) bond motifs is 2. The van der Waals surface area contributed by atoms with Gasteiger partial charge in [-0.25, -0.2) is 15.2 Å². The molecule has 3 aliphatic rings. The molecule has 3 aliphatic heterocycles. The number of ether oxygens (including phenoxy) is 2. The molecule has 0 spiro atoms. The van der Waals surface area contributed by atoms with E-state index in [1.807, 2.05) is 18.5 Å². The van der Waals surface area contributed by atoms with Gasteiger partial charge in [0.2, 0.25) is 0 Å². The number of hydrogen-bond acceptors (Lipinski definition) is 12. The van der Waals surface area contributed by atoms with Gasteiger partial charge in [0, 0.05) is 86.3 Å². The van der Waals surface area contributed by atoms with Gasteiger partial charge in [0.1, 0.15) is 17.7 Å². The number of carboxylic acids is 1. The number of aliphatic hydroxyl groups excluding tert-OH is 1. The predicted octanol–water partition coefficient (Wildman–Crippen LogP) is 6.42. The van der Waals surface area contributed by atoms with Crippen LogP contribution in [0.3, 0.4) is 0 Å². The topological polar surface area (TPSA) is 175 Å². The molecule has 7 rings (SSSR count). The Hall–Kier alpha value is -4.61. The number of anilines is 1. The number of methoxy groups -OCH3 is 1. The maximum Gasteiger partial charge on any atom is 0.408 e. The summed E-state index contributed by atoms with van der Waals surface area (Å²) in [5.41, 5.74) is 9.44. The van der Waals surface area contributed by atoms with Crippen molar-refractivity contribution in [1.82, 2.24) is 35.2 Å². The molecule has 4 aromatic rings. The van der Waals surface area contributed by atoms with Crippen molar-refractivity contribution in [2.24, 2.45) is 5.41 Å². The van der Waals surface area contributed by atoms with E-state index in [-0.39, 0.29) is 19.1 Å². The van der Waals surface area contributed by atoms with Crippen LogP contribution in [0.4, 0.5) is 10.5 Å². The number of rotatable bonds is 14. The summed E-state index contributed by atoms with van der Waals surface area (Å²) < 4.78 is 13.8. The number of carbonyl (C=O) groups excluding carboxylic acids is 2. The largest absolute Gasteiger partial charge is 0.480 e. The second kappa shape index (κ2) is 18.6. The minimum Gasteiger partial charge on any atom is -0.480 e. The molecule has 336 valence electrons. The number of aliphatic hydroxyl groups is 1. The first kappa shape index (κ1) is 45.4. The number of benzene rings is 1. The molecule has 0 saturated carbocycles. The molecule has 4 N–H and O–H groups in total. The predicted molar refractivity (Wildman–Crippen MR) is 241 cm³/mol. The van der Waals surface area contributed by atoms with Gasteiger partial charge in [0.25, 0.3) is 5.91 Å². The number of alkyl carbamates (subject to hydrolysis) is 1. The van der Waals surface area contributed by atoms with Crippen LogP contribution in [0.15, 0.2) is 35.8 Å². The third kappa shape index (κ3) is 9.94. The number of pyridine rings is 1. The Morgan fingerprint density at radius 1 is 1.06 bits per heavy atom. The lowest BCUT2D eigenvalue weighted by atomic mass is 9.84. The van der Waals surface area contributed by atoms with E-state index in [2.05, 4.69) is 70.1 Å². The first-order valence-corrected chi connectivity index (χ1v) is 22.9. The molecule has 3 saturated heterocycles. The first-order valence-electron chi connectivity index (χ1n) is 22.0. The van der Waals surface area contributed by atoms with E-state index in [1.165, 1.54) is 35.7 Å². The summed E-state index contributed by atoms with van der Waals surface area (Å²) >= 11 is 1.39. The SMILES string of the molecule is CCn1c(-c2cc(N3CCN4CCC[C@@H]4C3)cnc2C(C)OC)c(CC(C)(C)CO)c2cc(-c3csc(CC(NC(=O)OC(C)(C)C)C(=O)N4CCC[C@@H](C(=O)O)N4)n3)ccc21. The summed E-state index contributed by atoms with van der Waals surface area (Å²) in [6, 6.07) is 7.27. The lowest BCUT2D eigenvalue weighted by Crippen LogP contribution is -2.60. The van der Waals surface area contributed by atoms with E-state index >= 15 is 0 Å². The Kier molecular flexibility index (Phi) is 13.6. The Morgan fingerprint density at radius 3 is 2.55 bits per heavy atom. The van der Waals surface area contributed by atoms with Crippen LogP contribution in [0.5, 0.6) is 0 Å². The van der Waals surface area contributed by atoms with Gasteiger partial charge in [0.05, 0.1) is 40.1 Å². The molecule has 3 fully saturated rings. The fourth-order valence-electron chi connectivity index (χ4n) is 9.09. The van der Waals surface area contributed by atoms with Gasteiger partial charge in [0.15, 0.2) is 0 Å². The third-order valence-electron chi connectivity index (χ3n) is 12.4. The van der Waals surface area contributed by atoms with Crippen LogP contribution in [-0.4, -0.2) is 123 Å². The Labute approximate surface area is 368 Å². The van der Waals surface area contributed by atoms with Crippen LogP contribution in [0, 0.1) is 5.41 Å². The molecule has 1 aromatic carbocycles. The summed E-state index contributed by atoms with van der Waals surface area (Å²) in [7, 11) is 1.72. The van der Waals surface area contributed by atoms with Crippen molar-refractivity contribution in [1.29, 1.82) is 0 Å². The minimum atomic E-state index is -1.06. The number of aliphatic carboxylic acids is 1. The number of hydrogen-bond donors (Lipinski definition) is 4. The normalized spacial score (nSPS) is 19.7. The zero-order valence-electron chi connectivity index (χ0n) is 37.5. The van der Waals surface area contributed by atoms with E-state index in [0.717, 1.165) is 70.0 Å². The second-order valence-corrected chi connectivity index (χ2v) is 19.7. The number of carbonyl (C=O) groups is 3. The number of carboxylic acid groups (broad SMARTS) is 1. The summed E-state index contributed by atoms with van der Waals surface area (Å²) in [5.74, 6) is -1.51. The lowest BCUT2D eigenvalue weighted by Gasteiger charge is -2.39. The van der Waals surface area contributed by atoms with Gasteiger partial charge in [-0.2, -0.15) is 0 Å². The van der Waals surface area contributed by atoms with E-state index < -0.39 is 41.1 Å². The highest BCUT2D eigenvalue weighted by Crippen LogP contribution is 2.43. The van der Waals surface area contributed by atoms with Crippen molar-refractivity contribution in [3.05, 3.63) is 52.1 Å². The molecular formula is C46H64N8O7S. The number of nitrogens with one attached hydrogen (secondary N) is 2. The number of aromatic nitrogens is 3. The van der Waals surface area contributed by atoms with Crippen LogP contribution in [0.1, 0.15) is 96.5 Å². The number of hydrazine groups is 1. The van der Waals surface area contributed by atoms with Gasteiger partial charge in [-0.15, -0.1) is 11.3 Å². The minimum absolute atomic E-state index is 0.00674. The van der Waals surface area contributed by atoms with E-state index in [4.69, 9.17) is 19.4 Å². The second-order valence-electron chi connectivity index (χ2n) is 18.8. The fourth-order valence-corrected chi connectivity index (χ4v) is 9.94. The summed E-state index contributed by atoms with van der Waals surface area (Å²) in [6.07, 6.45) is 5.03. The Bertz CT molecular complexity index is 2270. The molecule has 2 unspecified atom stereocenters. The molecule has 2 amide bonds. The highest BCUT2D eigenvalue weighted by molar-refractivity contribution is 7.10. The quantitative estimate of drug-likeness (QED) is 0.110. The highest BCUT2D eigenvalue weighted by Gasteiger charge is 2.35. The number of piperazine rings is 1. The molecule has 62 heavy (non-hydrogen) atoms. The van der Waals surface area contributed by atoms with Crippen molar-refractivity contribution in [3.63, 3.8) is 0 Å². The molecule has 0 bridgehead atoms. The molecule has 15 nitrogen and oxygen atoms in total. The fraction of sp³-hybridized carbons (Fsp3) is 0.587. The van der Waals surface area contributed by atoms with Crippen LogP contribution in [-0.2, 0) is 38.4 Å². The molecule has 0 radical (unpaired) electrons. The summed E-state index contributed by atoms with van der Waals surface area (Å²) in [5, 5.41) is 28.0. The van der Waals surface area contributed by atoms with E-state index in [0.29, 0.717) is 43.4 Å². The first-order chi connectivity index (χ1) is 29.5. The molecule has 16 heteroatoms. The zero-order chi connectivity index (χ0) is 44.5. The van der Waals surface area contributed by atoms with Gasteiger partial charge >= 0.3 is 12.1 Å². The average Bonchev–Trinajstić information content (AvgIpc) is 3.99. The van der Waals surface area contributed by atoms with Gasteiger partial charge < -0.3 is 34.5 Å². The number of thiazole rings is 1. The van der Waals surface area contributed by atoms with Crippen LogP contribution < -0.4 is 15.6 Å². The van der Waals surface area contributed by atoms with Crippen molar-refractivity contribution >= 4 is 45.9 Å². The van der Waals surface area contributed by atoms with Crippen LogP contribution >= 0.6 is 11.3 Å². The number of amides is 2. The highest BCUT2D eigenvalue weighted by atomic mass is 32.1. The Balaban J connectivity index is 1.27. The lowest BCUT2D eigenvalue weighted by molar-refractivity contribution is -0.147. The molecule has 0 aliphatic carbocycles. The zero-order valence-corrected chi connectivity index (χ0v) is 38.3. The van der Waals surface area contributed by atoms with Crippen molar-refractivity contribution < 1.29 is 34.1 Å². The van der Waals surface area contributed by atoms with Gasteiger partial charge in [-0.1, -0.05) is 19.9 Å². The maximum absolute atomic E-state index is 13.9. The monoisotopic (exact) mass is 872 g/mol. The molecule has 3 aromatic heterocycles. The smallest absolute Gasteiger partial charge is 0.408 e. The van der Waals surface area contributed by atoms with E-state index in [9.17, 15) is 24.6 Å². The number of nitrogens with zero attached hydrogens (tertiary/aromatic N) is 6. The Morgan fingerprint density at radius 2 is 1.84 bits per heavy atom. The van der Waals surface area contributed by atoms with E-state index in [1.54, 1.807) is 27.9 Å². The third-order valence-corrected chi connectivity index (χ3v) is 13.3. The number of aryl methyl sites for hydroxylation is 1. The summed E-state index contributed by atoms with van der Waals surface area (Å²) in [4.78, 5) is 54.0.